The Balaban J connectivity index is 2.23. The highest BCUT2D eigenvalue weighted by atomic mass is 35.5. The first-order chi connectivity index (χ1) is 9.97. The van der Waals surface area contributed by atoms with Crippen LogP contribution in [0.2, 0.25) is 5.02 Å². The molecule has 0 radical (unpaired) electrons. The summed E-state index contributed by atoms with van der Waals surface area (Å²) < 4.78 is 0. The molecule has 2 rings (SSSR count). The molecule has 2 aromatic carbocycles. The van der Waals surface area contributed by atoms with Gasteiger partial charge in [-0.1, -0.05) is 11.6 Å². The molecule has 0 atom stereocenters. The van der Waals surface area contributed by atoms with Gasteiger partial charge >= 0.3 is 0 Å². The van der Waals surface area contributed by atoms with Gasteiger partial charge in [-0.15, -0.1) is 0 Å². The number of nitro groups is 2. The third kappa shape index (κ3) is 3.61. The average molecular weight is 306 g/mol. The Labute approximate surface area is 123 Å². The Kier molecular flexibility index (Phi) is 4.24. The number of nitro benzene ring substituents is 2. The molecule has 0 aromatic heterocycles. The van der Waals surface area contributed by atoms with Crippen molar-refractivity contribution < 1.29 is 9.85 Å². The lowest BCUT2D eigenvalue weighted by Crippen LogP contribution is -1.89. The maximum atomic E-state index is 10.8. The van der Waals surface area contributed by atoms with Gasteiger partial charge in [-0.3, -0.25) is 25.2 Å². The highest BCUT2D eigenvalue weighted by molar-refractivity contribution is 6.32. The zero-order chi connectivity index (χ0) is 15.4. The van der Waals surface area contributed by atoms with Crippen molar-refractivity contribution in [2.45, 2.75) is 0 Å². The van der Waals surface area contributed by atoms with Crippen LogP contribution in [0, 0.1) is 20.2 Å². The van der Waals surface area contributed by atoms with Crippen LogP contribution in [0.5, 0.6) is 0 Å². The molecule has 0 aliphatic carbocycles. The summed E-state index contributed by atoms with van der Waals surface area (Å²) in [5.41, 5.74) is 0.756. The van der Waals surface area contributed by atoms with Crippen LogP contribution in [-0.4, -0.2) is 16.1 Å². The quantitative estimate of drug-likeness (QED) is 0.485. The molecule has 7 nitrogen and oxygen atoms in total. The van der Waals surface area contributed by atoms with E-state index in [2.05, 4.69) is 4.99 Å². The topological polar surface area (TPSA) is 98.6 Å². The van der Waals surface area contributed by atoms with Gasteiger partial charge in [-0.25, -0.2) is 0 Å². The molecule has 21 heavy (non-hydrogen) atoms. The first kappa shape index (κ1) is 14.6. The van der Waals surface area contributed by atoms with E-state index in [9.17, 15) is 20.2 Å². The van der Waals surface area contributed by atoms with Gasteiger partial charge in [0.1, 0.15) is 5.02 Å². The van der Waals surface area contributed by atoms with Crippen LogP contribution in [0.1, 0.15) is 5.56 Å². The Morgan fingerprint density at radius 3 is 2.24 bits per heavy atom. The fourth-order valence-corrected chi connectivity index (χ4v) is 1.74. The van der Waals surface area contributed by atoms with Crippen molar-refractivity contribution in [1.29, 1.82) is 0 Å². The van der Waals surface area contributed by atoms with E-state index in [0.29, 0.717) is 11.3 Å². The van der Waals surface area contributed by atoms with E-state index in [1.54, 1.807) is 0 Å². The lowest BCUT2D eigenvalue weighted by atomic mass is 10.2. The minimum atomic E-state index is -0.590. The maximum Gasteiger partial charge on any atom is 0.290 e. The second-order valence-corrected chi connectivity index (χ2v) is 4.41. The first-order valence-electron chi connectivity index (χ1n) is 5.70. The van der Waals surface area contributed by atoms with Crippen LogP contribution in [0.4, 0.5) is 17.1 Å². The van der Waals surface area contributed by atoms with Gasteiger partial charge in [0.25, 0.3) is 11.4 Å². The third-order valence-electron chi connectivity index (χ3n) is 2.59. The minimum absolute atomic E-state index is 0.0192. The number of aliphatic imine (C=N–C) groups is 1. The van der Waals surface area contributed by atoms with Crippen molar-refractivity contribution in [3.63, 3.8) is 0 Å². The average Bonchev–Trinajstić information content (AvgIpc) is 2.46. The van der Waals surface area contributed by atoms with E-state index in [0.717, 1.165) is 0 Å². The summed E-state index contributed by atoms with van der Waals surface area (Å²) in [5, 5.41) is 21.3. The molecule has 0 fully saturated rings. The van der Waals surface area contributed by atoms with Crippen molar-refractivity contribution in [2.24, 2.45) is 4.99 Å². The molecule has 0 heterocycles. The summed E-state index contributed by atoms with van der Waals surface area (Å²) in [6, 6.07) is 9.96. The van der Waals surface area contributed by atoms with Crippen LogP contribution < -0.4 is 0 Å². The molecule has 0 N–H and O–H groups in total. The monoisotopic (exact) mass is 305 g/mol. The second-order valence-electron chi connectivity index (χ2n) is 4.00. The first-order valence-corrected chi connectivity index (χ1v) is 6.07. The number of non-ortho nitro benzene ring substituents is 1. The molecular weight excluding hydrogens is 298 g/mol. The summed E-state index contributed by atoms with van der Waals surface area (Å²) >= 11 is 5.70. The number of hydrogen-bond donors (Lipinski definition) is 0. The van der Waals surface area contributed by atoms with Crippen molar-refractivity contribution in [2.75, 3.05) is 0 Å². The van der Waals surface area contributed by atoms with Crippen LogP contribution >= 0.6 is 11.6 Å². The summed E-state index contributed by atoms with van der Waals surface area (Å²) in [6.45, 7) is 0. The van der Waals surface area contributed by atoms with Crippen molar-refractivity contribution >= 4 is 34.9 Å². The van der Waals surface area contributed by atoms with Crippen molar-refractivity contribution in [3.05, 3.63) is 73.3 Å². The van der Waals surface area contributed by atoms with Crippen LogP contribution in [0.15, 0.2) is 47.5 Å². The molecule has 2 aromatic rings. The predicted molar refractivity (Wildman–Crippen MR) is 78.5 cm³/mol. The van der Waals surface area contributed by atoms with Crippen LogP contribution in [0.3, 0.4) is 0 Å². The highest BCUT2D eigenvalue weighted by Crippen LogP contribution is 2.28. The van der Waals surface area contributed by atoms with Gasteiger partial charge < -0.3 is 0 Å². The number of nitrogens with zero attached hydrogens (tertiary/aromatic N) is 3. The zero-order valence-electron chi connectivity index (χ0n) is 10.5. The van der Waals surface area contributed by atoms with Crippen LogP contribution in [-0.2, 0) is 0 Å². The minimum Gasteiger partial charge on any atom is -0.258 e. The molecule has 0 aliphatic rings. The Bertz CT molecular complexity index is 729. The third-order valence-corrected chi connectivity index (χ3v) is 2.91. The molecule has 0 aliphatic heterocycles. The molecule has 106 valence electrons. The number of hydrogen-bond acceptors (Lipinski definition) is 5. The van der Waals surface area contributed by atoms with Gasteiger partial charge in [-0.2, -0.15) is 0 Å². The van der Waals surface area contributed by atoms with E-state index in [-0.39, 0.29) is 16.4 Å². The summed E-state index contributed by atoms with van der Waals surface area (Å²) in [7, 11) is 0. The lowest BCUT2D eigenvalue weighted by Gasteiger charge is -1.97. The SMILES string of the molecule is O=[N+]([O-])c1ccc(C=Nc2ccc(Cl)c([N+](=O)[O-])c2)cc1. The van der Waals surface area contributed by atoms with E-state index in [4.69, 9.17) is 11.6 Å². The summed E-state index contributed by atoms with van der Waals surface area (Å²) in [5.74, 6) is 0. The molecule has 0 bridgehead atoms. The van der Waals surface area contributed by atoms with Crippen LogP contribution in [0.25, 0.3) is 0 Å². The van der Waals surface area contributed by atoms with Gasteiger partial charge in [0, 0.05) is 24.4 Å². The Morgan fingerprint density at radius 1 is 1.00 bits per heavy atom. The van der Waals surface area contributed by atoms with E-state index < -0.39 is 9.85 Å². The number of halogens is 1. The van der Waals surface area contributed by atoms with Crippen molar-refractivity contribution in [1.82, 2.24) is 0 Å². The smallest absolute Gasteiger partial charge is 0.258 e. The highest BCUT2D eigenvalue weighted by Gasteiger charge is 2.12. The molecule has 0 spiro atoms. The lowest BCUT2D eigenvalue weighted by molar-refractivity contribution is -0.385. The molecule has 0 saturated heterocycles. The van der Waals surface area contributed by atoms with Gasteiger partial charge in [-0.05, 0) is 29.8 Å². The summed E-state index contributed by atoms with van der Waals surface area (Å²) in [6.07, 6.45) is 1.46. The standard InChI is InChI=1S/C13H8ClN3O4/c14-12-6-3-10(7-13(12)17(20)21)15-8-9-1-4-11(5-2-9)16(18)19/h1-8H. The van der Waals surface area contributed by atoms with Gasteiger partial charge in [0.15, 0.2) is 0 Å². The van der Waals surface area contributed by atoms with Gasteiger partial charge in [0.2, 0.25) is 0 Å². The number of rotatable bonds is 4. The molecule has 0 unspecified atom stereocenters. The maximum absolute atomic E-state index is 10.8. The molecule has 0 saturated carbocycles. The fraction of sp³-hybridized carbons (Fsp3) is 0. The molecular formula is C13H8ClN3O4. The summed E-state index contributed by atoms with van der Waals surface area (Å²) in [4.78, 5) is 24.3. The van der Waals surface area contributed by atoms with Gasteiger partial charge in [0.05, 0.1) is 15.5 Å². The Morgan fingerprint density at radius 2 is 1.67 bits per heavy atom. The van der Waals surface area contributed by atoms with E-state index in [1.807, 2.05) is 0 Å². The van der Waals surface area contributed by atoms with Crippen molar-refractivity contribution in [3.8, 4) is 0 Å². The fourth-order valence-electron chi connectivity index (χ4n) is 1.55. The molecule has 8 heteroatoms. The normalized spacial score (nSPS) is 10.7. The second kappa shape index (κ2) is 6.10. The van der Waals surface area contributed by atoms with E-state index in [1.165, 1.54) is 48.7 Å². The van der Waals surface area contributed by atoms with E-state index >= 15 is 0 Å². The predicted octanol–water partition coefficient (Wildman–Crippen LogP) is 3.91. The zero-order valence-corrected chi connectivity index (χ0v) is 11.2. The number of benzene rings is 2. The Hall–Kier alpha value is -2.80. The largest absolute Gasteiger partial charge is 0.290 e. The molecule has 0 amide bonds.